The minimum atomic E-state index is -0.177. The summed E-state index contributed by atoms with van der Waals surface area (Å²) in [5, 5.41) is 25.9. The minimum absolute atomic E-state index is 0.0567. The second kappa shape index (κ2) is 11.7. The van der Waals surface area contributed by atoms with Crippen LogP contribution in [0.4, 0.5) is 0 Å². The molecule has 0 fully saturated rings. The van der Waals surface area contributed by atoms with E-state index < -0.39 is 0 Å². The Bertz CT molecular complexity index is 4010. The largest absolute Gasteiger partial charge is 0.508 e. The molecule has 4 aliphatic rings. The fourth-order valence-electron chi connectivity index (χ4n) is 13.0. The molecule has 306 valence electrons. The highest BCUT2D eigenvalue weighted by molar-refractivity contribution is 7.00. The lowest BCUT2D eigenvalue weighted by Gasteiger charge is -2.34. The van der Waals surface area contributed by atoms with Crippen molar-refractivity contribution in [3.8, 4) is 67.4 Å². The number of phenolic OH excluding ortho intramolecular Hbond substituents is 2. The van der Waals surface area contributed by atoms with Crippen LogP contribution in [0.3, 0.4) is 0 Å². The molecular weight excluding hydrogens is 791 g/mol. The molecule has 0 atom stereocenters. The van der Waals surface area contributed by atoms with Crippen LogP contribution in [0.5, 0.6) is 11.5 Å². The first-order valence-corrected chi connectivity index (χ1v) is 22.8. The van der Waals surface area contributed by atoms with Crippen LogP contribution >= 0.6 is 0 Å². The Labute approximate surface area is 376 Å². The molecule has 2 aliphatic heterocycles. The van der Waals surface area contributed by atoms with Gasteiger partial charge in [0.25, 0.3) is 6.71 Å². The number of fused-ring (bicyclic) bond motifs is 16. The van der Waals surface area contributed by atoms with Gasteiger partial charge in [-0.2, -0.15) is 0 Å². The molecule has 0 saturated heterocycles. The van der Waals surface area contributed by atoms with Crippen molar-refractivity contribution in [3.63, 3.8) is 0 Å². The van der Waals surface area contributed by atoms with Gasteiger partial charge in [0.05, 0.1) is 11.0 Å². The fourth-order valence-corrected chi connectivity index (χ4v) is 13.0. The number of nitrogens with zero attached hydrogens (tertiary/aromatic N) is 2. The molecule has 0 amide bonds. The zero-order chi connectivity index (χ0) is 43.4. The Morgan fingerprint density at radius 2 is 0.877 bits per heavy atom. The van der Waals surface area contributed by atoms with Crippen molar-refractivity contribution < 1.29 is 10.2 Å². The Morgan fingerprint density at radius 3 is 1.43 bits per heavy atom. The quantitative estimate of drug-likeness (QED) is 0.171. The summed E-state index contributed by atoms with van der Waals surface area (Å²) < 4.78 is 5.18. The molecule has 4 nitrogen and oxygen atoms in total. The van der Waals surface area contributed by atoms with Gasteiger partial charge in [-0.3, -0.25) is 0 Å². The summed E-state index contributed by atoms with van der Waals surface area (Å²) in [7, 11) is 0. The Balaban J connectivity index is 1.13. The van der Waals surface area contributed by atoms with Gasteiger partial charge in [0.15, 0.2) is 0 Å². The van der Waals surface area contributed by atoms with E-state index >= 15 is 0 Å². The zero-order valence-electron chi connectivity index (χ0n) is 36.5. The molecule has 65 heavy (non-hydrogen) atoms. The van der Waals surface area contributed by atoms with E-state index in [9.17, 15) is 10.2 Å². The van der Waals surface area contributed by atoms with Gasteiger partial charge in [-0.05, 0) is 150 Å². The molecule has 0 radical (unpaired) electrons. The molecule has 0 bridgehead atoms. The van der Waals surface area contributed by atoms with E-state index in [0.717, 1.165) is 22.3 Å². The molecule has 2 N–H and O–H groups in total. The molecule has 5 heteroatoms. The molecule has 4 heterocycles. The monoisotopic (exact) mass is 832 g/mol. The molecule has 15 rings (SSSR count). The summed E-state index contributed by atoms with van der Waals surface area (Å²) in [6.07, 6.45) is 0. The average Bonchev–Trinajstić information content (AvgIpc) is 3.97. The third-order valence-corrected chi connectivity index (χ3v) is 16.0. The smallest absolute Gasteiger partial charge is 0.252 e. The summed E-state index contributed by atoms with van der Waals surface area (Å²) in [4.78, 5) is 0. The second-order valence-electron chi connectivity index (χ2n) is 20.0. The van der Waals surface area contributed by atoms with Gasteiger partial charge in [-0.1, -0.05) is 125 Å². The molecule has 0 saturated carbocycles. The van der Waals surface area contributed by atoms with Crippen LogP contribution in [0.1, 0.15) is 49.9 Å². The normalized spacial score (nSPS) is 15.1. The number of aromatic hydroxyl groups is 2. The highest BCUT2D eigenvalue weighted by Gasteiger charge is 2.44. The average molecular weight is 833 g/mol. The third kappa shape index (κ3) is 4.30. The van der Waals surface area contributed by atoms with Gasteiger partial charge in [-0.25, -0.2) is 0 Å². The van der Waals surface area contributed by atoms with Crippen LogP contribution in [-0.4, -0.2) is 26.1 Å². The van der Waals surface area contributed by atoms with E-state index in [1.165, 1.54) is 116 Å². The highest BCUT2D eigenvalue weighted by atomic mass is 16.3. The summed E-state index contributed by atoms with van der Waals surface area (Å²) in [5.41, 5.74) is 25.9. The van der Waals surface area contributed by atoms with Crippen LogP contribution in [0.15, 0.2) is 164 Å². The second-order valence-corrected chi connectivity index (χ2v) is 20.0. The minimum Gasteiger partial charge on any atom is -0.508 e. The van der Waals surface area contributed by atoms with E-state index in [-0.39, 0.29) is 29.0 Å². The Kier molecular flexibility index (Phi) is 6.41. The SMILES string of the molecule is CC1(C)c2ccccc2-c2cc3c4cccc5c4n(c3cc21)-c1cc(-c2ccc(O)cc2)cc2c1B5c1cc(-c3ccc(O)cc3)cc3c4cc5c(cc4n-2c13)C(C)(C)c1ccccc1-5. The van der Waals surface area contributed by atoms with Crippen LogP contribution in [0.2, 0.25) is 0 Å². The fraction of sp³-hybridized carbons (Fsp3) is 0.100. The van der Waals surface area contributed by atoms with E-state index in [2.05, 4.69) is 152 Å². The van der Waals surface area contributed by atoms with E-state index in [1.54, 1.807) is 24.3 Å². The standard InChI is InChI=1S/C60H41BN2O2/c1-59(2)46-13-7-5-10-38(46)41-28-43-40-12-9-15-50-57(40)62(52(43)30-48(41)59)54-26-35(33-18-22-37(65)23-19-33)27-55-56(54)61(50)51-25-34(32-16-20-36(64)21-17-32)24-45-44-29-42-39-11-6-8-14-47(39)60(3,4)49(42)31-53(44)63(55)58(45)51/h5-31,64-65H,1-4H3. The molecule has 0 spiro atoms. The molecule has 0 unspecified atom stereocenters. The predicted octanol–water partition coefficient (Wildman–Crippen LogP) is 12.4. The lowest BCUT2D eigenvalue weighted by molar-refractivity contribution is 0.475. The number of aromatic nitrogens is 2. The van der Waals surface area contributed by atoms with Gasteiger partial charge in [0.1, 0.15) is 11.5 Å². The number of rotatable bonds is 2. The Hall–Kier alpha value is -7.76. The zero-order valence-corrected chi connectivity index (χ0v) is 36.5. The van der Waals surface area contributed by atoms with Crippen molar-refractivity contribution in [2.45, 2.75) is 38.5 Å². The van der Waals surface area contributed by atoms with E-state index in [0.29, 0.717) is 0 Å². The summed E-state index contributed by atoms with van der Waals surface area (Å²) >= 11 is 0. The number of phenols is 2. The first kappa shape index (κ1) is 35.7. The Morgan fingerprint density at radius 1 is 0.385 bits per heavy atom. The number of hydrogen-bond donors (Lipinski definition) is 2. The van der Waals surface area contributed by atoms with Gasteiger partial charge in [0.2, 0.25) is 0 Å². The first-order chi connectivity index (χ1) is 31.6. The first-order valence-electron chi connectivity index (χ1n) is 22.8. The van der Waals surface area contributed by atoms with Gasteiger partial charge < -0.3 is 19.3 Å². The molecule has 11 aromatic rings. The number of para-hydroxylation sites is 1. The van der Waals surface area contributed by atoms with Crippen molar-refractivity contribution in [2.24, 2.45) is 0 Å². The van der Waals surface area contributed by atoms with Crippen LogP contribution in [0.25, 0.3) is 99.5 Å². The van der Waals surface area contributed by atoms with E-state index in [4.69, 9.17) is 0 Å². The third-order valence-electron chi connectivity index (χ3n) is 16.0. The van der Waals surface area contributed by atoms with Crippen molar-refractivity contribution in [1.29, 1.82) is 0 Å². The molecular formula is C60H41BN2O2. The van der Waals surface area contributed by atoms with Crippen molar-refractivity contribution in [3.05, 3.63) is 186 Å². The van der Waals surface area contributed by atoms with Crippen molar-refractivity contribution >= 4 is 66.7 Å². The number of benzene rings is 9. The van der Waals surface area contributed by atoms with Crippen LogP contribution in [0, 0.1) is 0 Å². The van der Waals surface area contributed by atoms with Gasteiger partial charge in [-0.15, -0.1) is 0 Å². The van der Waals surface area contributed by atoms with Gasteiger partial charge >= 0.3 is 0 Å². The molecule has 2 aliphatic carbocycles. The van der Waals surface area contributed by atoms with Crippen molar-refractivity contribution in [1.82, 2.24) is 9.13 Å². The van der Waals surface area contributed by atoms with Crippen molar-refractivity contribution in [2.75, 3.05) is 0 Å². The maximum atomic E-state index is 10.5. The summed E-state index contributed by atoms with van der Waals surface area (Å²) in [6.45, 7) is 9.43. The maximum Gasteiger partial charge on any atom is 0.252 e. The maximum absolute atomic E-state index is 10.5. The summed E-state index contributed by atoms with van der Waals surface area (Å²) in [6, 6.07) is 59.8. The van der Waals surface area contributed by atoms with Crippen LogP contribution in [-0.2, 0) is 10.8 Å². The topological polar surface area (TPSA) is 50.3 Å². The summed E-state index contributed by atoms with van der Waals surface area (Å²) in [5.74, 6) is 0.517. The lowest BCUT2D eigenvalue weighted by Crippen LogP contribution is -2.59. The molecule has 2 aromatic heterocycles. The van der Waals surface area contributed by atoms with E-state index in [1.807, 2.05) is 24.3 Å². The highest BCUT2D eigenvalue weighted by Crippen LogP contribution is 2.53. The lowest BCUT2D eigenvalue weighted by atomic mass is 9.34. The number of hydrogen-bond acceptors (Lipinski definition) is 2. The van der Waals surface area contributed by atoms with Gasteiger partial charge in [0, 0.05) is 54.8 Å². The molecule has 9 aromatic carbocycles. The predicted molar refractivity (Wildman–Crippen MR) is 269 cm³/mol. The van der Waals surface area contributed by atoms with Crippen LogP contribution < -0.4 is 16.4 Å².